The van der Waals surface area contributed by atoms with Gasteiger partial charge in [-0.3, -0.25) is 0 Å². The fourth-order valence-electron chi connectivity index (χ4n) is 2.91. The van der Waals surface area contributed by atoms with Crippen LogP contribution in [0.4, 0.5) is 4.39 Å². The summed E-state index contributed by atoms with van der Waals surface area (Å²) in [5.41, 5.74) is 1.07. The molecule has 2 rings (SSSR count). The lowest BCUT2D eigenvalue weighted by atomic mass is 9.75. The van der Waals surface area contributed by atoms with Crippen LogP contribution < -0.4 is 5.32 Å². The number of hydrogen-bond donors (Lipinski definition) is 1. The summed E-state index contributed by atoms with van der Waals surface area (Å²) < 4.78 is 13.9. The fraction of sp³-hybridized carbons (Fsp3) is 0.625. The highest BCUT2D eigenvalue weighted by Crippen LogP contribution is 2.36. The van der Waals surface area contributed by atoms with Crippen LogP contribution in [0.2, 0.25) is 0 Å². The molecule has 1 N–H and O–H groups in total. The molecule has 1 saturated carbocycles. The van der Waals surface area contributed by atoms with Crippen LogP contribution in [0.1, 0.15) is 44.2 Å². The number of hydrogen-bond acceptors (Lipinski definition) is 2. The predicted octanol–water partition coefficient (Wildman–Crippen LogP) is 3.35. The zero-order valence-corrected chi connectivity index (χ0v) is 12.2. The summed E-state index contributed by atoms with van der Waals surface area (Å²) in [5, 5.41) is 3.57. The van der Waals surface area contributed by atoms with Crippen LogP contribution in [-0.4, -0.2) is 31.1 Å². The maximum atomic E-state index is 13.9. The third-order valence-corrected chi connectivity index (χ3v) is 4.60. The minimum atomic E-state index is -0.102. The molecule has 0 radical (unpaired) electrons. The van der Waals surface area contributed by atoms with Crippen molar-refractivity contribution in [1.82, 2.24) is 10.2 Å². The molecule has 19 heavy (non-hydrogen) atoms. The highest BCUT2D eigenvalue weighted by atomic mass is 19.1. The second kappa shape index (κ2) is 6.02. The molecule has 3 heteroatoms. The van der Waals surface area contributed by atoms with E-state index in [9.17, 15) is 4.39 Å². The van der Waals surface area contributed by atoms with Crippen molar-refractivity contribution >= 4 is 0 Å². The van der Waals surface area contributed by atoms with Gasteiger partial charge in [0, 0.05) is 23.7 Å². The van der Waals surface area contributed by atoms with Crippen LogP contribution in [0.15, 0.2) is 24.3 Å². The van der Waals surface area contributed by atoms with Gasteiger partial charge in [0.15, 0.2) is 0 Å². The average molecular weight is 264 g/mol. The molecule has 0 bridgehead atoms. The first kappa shape index (κ1) is 14.5. The summed E-state index contributed by atoms with van der Waals surface area (Å²) >= 11 is 0. The maximum Gasteiger partial charge on any atom is 0.127 e. The smallest absolute Gasteiger partial charge is 0.127 e. The lowest BCUT2D eigenvalue weighted by Gasteiger charge is -2.48. The van der Waals surface area contributed by atoms with Crippen molar-refractivity contribution in [2.45, 2.75) is 44.2 Å². The van der Waals surface area contributed by atoms with Crippen molar-refractivity contribution in [3.05, 3.63) is 35.6 Å². The van der Waals surface area contributed by atoms with Crippen LogP contribution >= 0.6 is 0 Å². The van der Waals surface area contributed by atoms with Crippen molar-refractivity contribution < 1.29 is 4.39 Å². The maximum absolute atomic E-state index is 13.9. The van der Waals surface area contributed by atoms with E-state index in [-0.39, 0.29) is 17.4 Å². The molecule has 0 amide bonds. The molecule has 0 spiro atoms. The van der Waals surface area contributed by atoms with Gasteiger partial charge < -0.3 is 10.2 Å². The standard InChI is InChI=1S/C16H25FN2/c1-4-15(13-8-5-6-9-14(13)17)18-12-16(19(2)3)10-7-11-16/h5-6,8-9,15,18H,4,7,10-12H2,1-3H3. The molecule has 1 fully saturated rings. The van der Waals surface area contributed by atoms with Crippen molar-refractivity contribution in [3.8, 4) is 0 Å². The van der Waals surface area contributed by atoms with E-state index >= 15 is 0 Å². The first-order valence-corrected chi connectivity index (χ1v) is 7.24. The molecule has 0 aliphatic heterocycles. The molecule has 1 aliphatic carbocycles. The van der Waals surface area contributed by atoms with Gasteiger partial charge in [0.05, 0.1) is 0 Å². The van der Waals surface area contributed by atoms with Crippen LogP contribution in [-0.2, 0) is 0 Å². The summed E-state index contributed by atoms with van der Waals surface area (Å²) in [6.07, 6.45) is 4.68. The lowest BCUT2D eigenvalue weighted by molar-refractivity contribution is 0.0567. The molecule has 1 aromatic carbocycles. The van der Waals surface area contributed by atoms with Crippen LogP contribution in [0.25, 0.3) is 0 Å². The van der Waals surface area contributed by atoms with Crippen molar-refractivity contribution in [3.63, 3.8) is 0 Å². The zero-order valence-electron chi connectivity index (χ0n) is 12.2. The normalized spacial score (nSPS) is 19.2. The van der Waals surface area contributed by atoms with E-state index in [0.717, 1.165) is 18.5 Å². The first-order chi connectivity index (χ1) is 9.09. The average Bonchev–Trinajstić information content (AvgIpc) is 2.33. The van der Waals surface area contributed by atoms with Crippen LogP contribution in [0.5, 0.6) is 0 Å². The molecule has 1 aliphatic rings. The van der Waals surface area contributed by atoms with Gasteiger partial charge in [-0.25, -0.2) is 4.39 Å². The van der Waals surface area contributed by atoms with Crippen molar-refractivity contribution in [2.24, 2.45) is 0 Å². The van der Waals surface area contributed by atoms with E-state index in [1.54, 1.807) is 12.1 Å². The quantitative estimate of drug-likeness (QED) is 0.847. The van der Waals surface area contributed by atoms with Gasteiger partial charge in [0.1, 0.15) is 5.82 Å². The third kappa shape index (κ3) is 2.98. The Morgan fingerprint density at radius 2 is 2.00 bits per heavy atom. The monoisotopic (exact) mass is 264 g/mol. The van der Waals surface area contributed by atoms with Crippen LogP contribution in [0.3, 0.4) is 0 Å². The molecule has 106 valence electrons. The number of benzene rings is 1. The van der Waals surface area contributed by atoms with E-state index in [0.29, 0.717) is 0 Å². The van der Waals surface area contributed by atoms with Gasteiger partial charge in [0.2, 0.25) is 0 Å². The van der Waals surface area contributed by atoms with E-state index in [4.69, 9.17) is 0 Å². The lowest BCUT2D eigenvalue weighted by Crippen LogP contribution is -2.56. The van der Waals surface area contributed by atoms with E-state index < -0.39 is 0 Å². The van der Waals surface area contributed by atoms with Crippen molar-refractivity contribution in [2.75, 3.05) is 20.6 Å². The Hall–Kier alpha value is -0.930. The van der Waals surface area contributed by atoms with Gasteiger partial charge in [-0.05, 0) is 45.8 Å². The Labute approximate surface area is 116 Å². The minimum absolute atomic E-state index is 0.102. The van der Waals surface area contributed by atoms with E-state index in [2.05, 4.69) is 31.2 Å². The van der Waals surface area contributed by atoms with Gasteiger partial charge in [-0.15, -0.1) is 0 Å². The van der Waals surface area contributed by atoms with Crippen molar-refractivity contribution in [1.29, 1.82) is 0 Å². The highest BCUT2D eigenvalue weighted by molar-refractivity contribution is 5.21. The minimum Gasteiger partial charge on any atom is -0.308 e. The number of nitrogens with one attached hydrogen (secondary N) is 1. The largest absolute Gasteiger partial charge is 0.308 e. The highest BCUT2D eigenvalue weighted by Gasteiger charge is 2.39. The molecule has 1 unspecified atom stereocenters. The van der Waals surface area contributed by atoms with Crippen LogP contribution in [0, 0.1) is 5.82 Å². The third-order valence-electron chi connectivity index (χ3n) is 4.60. The second-order valence-corrected chi connectivity index (χ2v) is 5.84. The van der Waals surface area contributed by atoms with E-state index in [1.165, 1.54) is 19.3 Å². The SMILES string of the molecule is CCC(NCC1(N(C)C)CCC1)c1ccccc1F. The molecule has 0 aromatic heterocycles. The molecule has 2 nitrogen and oxygen atoms in total. The van der Waals surface area contributed by atoms with Gasteiger partial charge >= 0.3 is 0 Å². The Balaban J connectivity index is 2.02. The number of nitrogens with zero attached hydrogens (tertiary/aromatic N) is 1. The summed E-state index contributed by atoms with van der Waals surface area (Å²) in [6.45, 7) is 3.04. The number of halogens is 1. The predicted molar refractivity (Wildman–Crippen MR) is 77.7 cm³/mol. The summed E-state index contributed by atoms with van der Waals surface area (Å²) in [4.78, 5) is 2.32. The zero-order chi connectivity index (χ0) is 13.9. The summed E-state index contributed by atoms with van der Waals surface area (Å²) in [5.74, 6) is -0.102. The fourth-order valence-corrected chi connectivity index (χ4v) is 2.91. The number of rotatable bonds is 6. The molecule has 1 atom stereocenters. The Morgan fingerprint density at radius 1 is 1.32 bits per heavy atom. The second-order valence-electron chi connectivity index (χ2n) is 5.84. The molecule has 0 saturated heterocycles. The van der Waals surface area contributed by atoms with E-state index in [1.807, 2.05) is 12.1 Å². The molecular weight excluding hydrogens is 239 g/mol. The first-order valence-electron chi connectivity index (χ1n) is 7.24. The Kier molecular flexibility index (Phi) is 4.58. The van der Waals surface area contributed by atoms with Gasteiger partial charge in [-0.1, -0.05) is 25.1 Å². The summed E-state index contributed by atoms with van der Waals surface area (Å²) in [7, 11) is 4.29. The molecular formula is C16H25FN2. The Bertz CT molecular complexity index is 413. The number of likely N-dealkylation sites (N-methyl/N-ethyl adjacent to an activating group) is 1. The molecule has 0 heterocycles. The summed E-state index contributed by atoms with van der Waals surface area (Å²) in [6, 6.07) is 7.20. The Morgan fingerprint density at radius 3 is 2.47 bits per heavy atom. The topological polar surface area (TPSA) is 15.3 Å². The van der Waals surface area contributed by atoms with Gasteiger partial charge in [-0.2, -0.15) is 0 Å². The van der Waals surface area contributed by atoms with Gasteiger partial charge in [0.25, 0.3) is 0 Å². The molecule has 1 aromatic rings.